The van der Waals surface area contributed by atoms with Gasteiger partial charge >= 0.3 is 0 Å². The molecule has 0 amide bonds. The van der Waals surface area contributed by atoms with Crippen LogP contribution in [0.2, 0.25) is 0 Å². The van der Waals surface area contributed by atoms with E-state index in [1.54, 1.807) is 25.3 Å². The molecule has 0 aromatic carbocycles. The molecule has 15 heavy (non-hydrogen) atoms. The van der Waals surface area contributed by atoms with Crippen LogP contribution < -0.4 is 5.56 Å². The number of nitrogens with one attached hydrogen (secondary N) is 1. The second-order valence-electron chi connectivity index (χ2n) is 3.32. The Morgan fingerprint density at radius 2 is 2.33 bits per heavy atom. The number of hydrogen-bond acceptors (Lipinski definition) is 3. The standard InChI is InChI=1S/C11H12N2O2/c1-3-8-7(2)11(14)13-10(12-8)9-5-4-6-15-9/h4-6H,3H2,1-2H3,(H,12,13,14). The van der Waals surface area contributed by atoms with Crippen LogP contribution in [0.25, 0.3) is 11.6 Å². The van der Waals surface area contributed by atoms with Gasteiger partial charge in [-0.05, 0) is 25.5 Å². The van der Waals surface area contributed by atoms with Crippen LogP contribution in [0, 0.1) is 6.92 Å². The third kappa shape index (κ3) is 1.70. The number of rotatable bonds is 2. The topological polar surface area (TPSA) is 58.9 Å². The summed E-state index contributed by atoms with van der Waals surface area (Å²) in [5, 5.41) is 0. The maximum Gasteiger partial charge on any atom is 0.254 e. The van der Waals surface area contributed by atoms with E-state index in [1.165, 1.54) is 0 Å². The fourth-order valence-electron chi connectivity index (χ4n) is 1.45. The van der Waals surface area contributed by atoms with Crippen molar-refractivity contribution in [3.8, 4) is 11.6 Å². The first kappa shape index (κ1) is 9.71. The highest BCUT2D eigenvalue weighted by molar-refractivity contribution is 5.46. The number of aromatic nitrogens is 2. The first-order valence-electron chi connectivity index (χ1n) is 4.86. The summed E-state index contributed by atoms with van der Waals surface area (Å²) in [5.74, 6) is 1.08. The average Bonchev–Trinajstić information content (AvgIpc) is 2.75. The van der Waals surface area contributed by atoms with Crippen molar-refractivity contribution >= 4 is 0 Å². The molecule has 0 bridgehead atoms. The molecule has 78 valence electrons. The van der Waals surface area contributed by atoms with Crippen molar-refractivity contribution in [2.45, 2.75) is 20.3 Å². The van der Waals surface area contributed by atoms with Crippen LogP contribution in [-0.4, -0.2) is 9.97 Å². The van der Waals surface area contributed by atoms with Crippen molar-refractivity contribution in [2.24, 2.45) is 0 Å². The first-order valence-corrected chi connectivity index (χ1v) is 4.86. The summed E-state index contributed by atoms with van der Waals surface area (Å²) in [6, 6.07) is 3.54. The quantitative estimate of drug-likeness (QED) is 0.812. The minimum Gasteiger partial charge on any atom is -0.461 e. The fourth-order valence-corrected chi connectivity index (χ4v) is 1.45. The van der Waals surface area contributed by atoms with E-state index in [2.05, 4.69) is 9.97 Å². The van der Waals surface area contributed by atoms with E-state index in [9.17, 15) is 4.79 Å². The molecule has 0 aliphatic rings. The second-order valence-corrected chi connectivity index (χ2v) is 3.32. The van der Waals surface area contributed by atoms with Crippen molar-refractivity contribution in [3.63, 3.8) is 0 Å². The number of H-pyrrole nitrogens is 1. The van der Waals surface area contributed by atoms with Crippen LogP contribution in [0.15, 0.2) is 27.6 Å². The van der Waals surface area contributed by atoms with E-state index < -0.39 is 0 Å². The van der Waals surface area contributed by atoms with Gasteiger partial charge in [-0.25, -0.2) is 4.98 Å². The molecule has 1 N–H and O–H groups in total. The summed E-state index contributed by atoms with van der Waals surface area (Å²) < 4.78 is 5.18. The van der Waals surface area contributed by atoms with Gasteiger partial charge in [-0.3, -0.25) is 4.79 Å². The number of furan rings is 1. The predicted molar refractivity (Wildman–Crippen MR) is 56.7 cm³/mol. The smallest absolute Gasteiger partial charge is 0.254 e. The third-order valence-electron chi connectivity index (χ3n) is 2.34. The molecule has 4 nitrogen and oxygen atoms in total. The van der Waals surface area contributed by atoms with Gasteiger partial charge in [-0.2, -0.15) is 0 Å². The van der Waals surface area contributed by atoms with Gasteiger partial charge < -0.3 is 9.40 Å². The lowest BCUT2D eigenvalue weighted by atomic mass is 10.2. The fraction of sp³-hybridized carbons (Fsp3) is 0.273. The highest BCUT2D eigenvalue weighted by Crippen LogP contribution is 2.14. The Labute approximate surface area is 87.0 Å². The monoisotopic (exact) mass is 204 g/mol. The molecular weight excluding hydrogens is 192 g/mol. The average molecular weight is 204 g/mol. The van der Waals surface area contributed by atoms with Crippen molar-refractivity contribution in [1.29, 1.82) is 0 Å². The molecule has 0 aliphatic carbocycles. The van der Waals surface area contributed by atoms with Crippen LogP contribution in [0.5, 0.6) is 0 Å². The number of hydrogen-bond donors (Lipinski definition) is 1. The molecule has 2 heterocycles. The number of nitrogens with zero attached hydrogens (tertiary/aromatic N) is 1. The van der Waals surface area contributed by atoms with Gasteiger partial charge in [-0.1, -0.05) is 6.92 Å². The summed E-state index contributed by atoms with van der Waals surface area (Å²) in [6.45, 7) is 3.75. The molecule has 0 fully saturated rings. The molecule has 0 radical (unpaired) electrons. The lowest BCUT2D eigenvalue weighted by Crippen LogP contribution is -2.15. The molecule has 2 rings (SSSR count). The Kier molecular flexibility index (Phi) is 2.41. The molecule has 0 atom stereocenters. The molecule has 2 aromatic rings. The van der Waals surface area contributed by atoms with Gasteiger partial charge in [-0.15, -0.1) is 0 Å². The lowest BCUT2D eigenvalue weighted by molar-refractivity contribution is 0.576. The summed E-state index contributed by atoms with van der Waals surface area (Å²) in [5.41, 5.74) is 1.38. The molecule has 2 aromatic heterocycles. The highest BCUT2D eigenvalue weighted by Gasteiger charge is 2.08. The van der Waals surface area contributed by atoms with Crippen molar-refractivity contribution in [3.05, 3.63) is 40.0 Å². The van der Waals surface area contributed by atoms with Crippen LogP contribution in [0.1, 0.15) is 18.2 Å². The molecule has 4 heteroatoms. The predicted octanol–water partition coefficient (Wildman–Crippen LogP) is 1.90. The van der Waals surface area contributed by atoms with Crippen LogP contribution in [0.3, 0.4) is 0 Å². The molecular formula is C11H12N2O2. The molecule has 0 aliphatic heterocycles. The minimum atomic E-state index is -0.103. The van der Waals surface area contributed by atoms with E-state index >= 15 is 0 Å². The number of aromatic amines is 1. The van der Waals surface area contributed by atoms with Crippen LogP contribution in [-0.2, 0) is 6.42 Å². The summed E-state index contributed by atoms with van der Waals surface area (Å²) in [7, 11) is 0. The van der Waals surface area contributed by atoms with Crippen molar-refractivity contribution in [2.75, 3.05) is 0 Å². The van der Waals surface area contributed by atoms with E-state index in [-0.39, 0.29) is 5.56 Å². The zero-order valence-corrected chi connectivity index (χ0v) is 8.70. The van der Waals surface area contributed by atoms with Crippen molar-refractivity contribution in [1.82, 2.24) is 9.97 Å². The minimum absolute atomic E-state index is 0.103. The van der Waals surface area contributed by atoms with E-state index in [1.807, 2.05) is 6.92 Å². The second kappa shape index (κ2) is 3.73. The Bertz CT molecular complexity index is 512. The van der Waals surface area contributed by atoms with Gasteiger partial charge in [0.1, 0.15) is 0 Å². The van der Waals surface area contributed by atoms with Gasteiger partial charge in [0, 0.05) is 5.56 Å². The molecule has 0 saturated carbocycles. The first-order chi connectivity index (χ1) is 7.22. The Balaban J connectivity index is 2.61. The Morgan fingerprint density at radius 1 is 1.53 bits per heavy atom. The van der Waals surface area contributed by atoms with Gasteiger partial charge in [0.25, 0.3) is 5.56 Å². The van der Waals surface area contributed by atoms with Gasteiger partial charge in [0.05, 0.1) is 12.0 Å². The third-order valence-corrected chi connectivity index (χ3v) is 2.34. The van der Waals surface area contributed by atoms with Gasteiger partial charge in [0.2, 0.25) is 0 Å². The zero-order valence-electron chi connectivity index (χ0n) is 8.70. The SMILES string of the molecule is CCc1nc(-c2ccco2)[nH]c(=O)c1C. The summed E-state index contributed by atoms with van der Waals surface area (Å²) in [6.07, 6.45) is 2.30. The lowest BCUT2D eigenvalue weighted by Gasteiger charge is -2.03. The molecule has 0 saturated heterocycles. The Hall–Kier alpha value is -1.84. The van der Waals surface area contributed by atoms with Crippen LogP contribution >= 0.6 is 0 Å². The van der Waals surface area contributed by atoms with E-state index in [0.29, 0.717) is 17.1 Å². The van der Waals surface area contributed by atoms with Gasteiger partial charge in [0.15, 0.2) is 11.6 Å². The van der Waals surface area contributed by atoms with E-state index in [0.717, 1.165) is 12.1 Å². The highest BCUT2D eigenvalue weighted by atomic mass is 16.3. The zero-order chi connectivity index (χ0) is 10.8. The normalized spacial score (nSPS) is 10.5. The Morgan fingerprint density at radius 3 is 2.93 bits per heavy atom. The summed E-state index contributed by atoms with van der Waals surface area (Å²) in [4.78, 5) is 18.6. The maximum atomic E-state index is 11.6. The van der Waals surface area contributed by atoms with E-state index in [4.69, 9.17) is 4.42 Å². The van der Waals surface area contributed by atoms with Crippen molar-refractivity contribution < 1.29 is 4.42 Å². The largest absolute Gasteiger partial charge is 0.461 e. The maximum absolute atomic E-state index is 11.6. The van der Waals surface area contributed by atoms with Crippen LogP contribution in [0.4, 0.5) is 0 Å². The molecule has 0 unspecified atom stereocenters. The number of aryl methyl sites for hydroxylation is 1. The summed E-state index contributed by atoms with van der Waals surface area (Å²) >= 11 is 0. The molecule has 0 spiro atoms.